The number of nitrogens with zero attached hydrogens (tertiary/aromatic N) is 3. The first kappa shape index (κ1) is 17.9. The zero-order valence-electron chi connectivity index (χ0n) is 15.5. The summed E-state index contributed by atoms with van der Waals surface area (Å²) in [5.41, 5.74) is 1.43. The average Bonchev–Trinajstić information content (AvgIpc) is 3.13. The van der Waals surface area contributed by atoms with E-state index in [2.05, 4.69) is 15.0 Å². The lowest BCUT2D eigenvalue weighted by atomic mass is 10.2. The molecule has 4 aromatic rings. The topological polar surface area (TPSA) is 78.2 Å². The van der Waals surface area contributed by atoms with Crippen molar-refractivity contribution in [3.05, 3.63) is 71.3 Å². The molecule has 7 heteroatoms. The van der Waals surface area contributed by atoms with Crippen LogP contribution in [0.5, 0.6) is 0 Å². The maximum absolute atomic E-state index is 12.6. The number of carbonyl (C=O) groups excluding carboxylic acids is 1. The van der Waals surface area contributed by atoms with Crippen LogP contribution in [0.4, 0.5) is 5.69 Å². The number of nitrogens with one attached hydrogen (secondary N) is 1. The average molecular weight is 376 g/mol. The highest BCUT2D eigenvalue weighted by Crippen LogP contribution is 2.24. The molecule has 4 rings (SSSR count). The number of anilines is 1. The molecule has 0 aliphatic heterocycles. The van der Waals surface area contributed by atoms with Crippen molar-refractivity contribution in [2.45, 2.75) is 13.1 Å². The van der Waals surface area contributed by atoms with E-state index in [1.165, 1.54) is 4.68 Å². The number of carbonyl (C=O) groups is 1. The number of hydrogen-bond acceptors (Lipinski definition) is 4. The van der Waals surface area contributed by atoms with Crippen LogP contribution in [0, 0.1) is 0 Å². The molecule has 142 valence electrons. The number of aromatic nitrogens is 3. The first-order valence-electron chi connectivity index (χ1n) is 8.99. The van der Waals surface area contributed by atoms with Gasteiger partial charge in [0.05, 0.1) is 29.4 Å². The number of rotatable bonds is 6. The molecule has 7 nitrogen and oxygen atoms in total. The van der Waals surface area contributed by atoms with Gasteiger partial charge in [0, 0.05) is 30.6 Å². The summed E-state index contributed by atoms with van der Waals surface area (Å²) in [4.78, 5) is 25.1. The van der Waals surface area contributed by atoms with Crippen molar-refractivity contribution in [1.82, 2.24) is 14.3 Å². The molecule has 0 fully saturated rings. The first-order valence-corrected chi connectivity index (χ1v) is 8.99. The zero-order chi connectivity index (χ0) is 19.5. The van der Waals surface area contributed by atoms with Crippen LogP contribution in [0.3, 0.4) is 0 Å². The molecule has 1 amide bonds. The second-order valence-corrected chi connectivity index (χ2v) is 6.48. The van der Waals surface area contributed by atoms with E-state index < -0.39 is 0 Å². The van der Waals surface area contributed by atoms with E-state index in [1.54, 1.807) is 25.4 Å². The van der Waals surface area contributed by atoms with Gasteiger partial charge in [0.25, 0.3) is 5.56 Å². The lowest BCUT2D eigenvalue weighted by Gasteiger charge is -2.09. The van der Waals surface area contributed by atoms with Gasteiger partial charge >= 0.3 is 0 Å². The summed E-state index contributed by atoms with van der Waals surface area (Å²) in [5, 5.41) is 9.24. The van der Waals surface area contributed by atoms with Gasteiger partial charge in [-0.3, -0.25) is 9.59 Å². The van der Waals surface area contributed by atoms with Crippen LogP contribution in [-0.2, 0) is 22.6 Å². The number of benzene rings is 2. The van der Waals surface area contributed by atoms with Crippen LogP contribution < -0.4 is 10.9 Å². The zero-order valence-corrected chi connectivity index (χ0v) is 15.5. The van der Waals surface area contributed by atoms with Crippen molar-refractivity contribution < 1.29 is 9.53 Å². The van der Waals surface area contributed by atoms with Crippen molar-refractivity contribution in [3.63, 3.8) is 0 Å². The van der Waals surface area contributed by atoms with Gasteiger partial charge in [-0.15, -0.1) is 0 Å². The molecule has 28 heavy (non-hydrogen) atoms. The number of fused-ring (bicyclic) bond motifs is 2. The number of amides is 1. The fourth-order valence-corrected chi connectivity index (χ4v) is 3.28. The third kappa shape index (κ3) is 3.39. The summed E-state index contributed by atoms with van der Waals surface area (Å²) >= 11 is 0. The Morgan fingerprint density at radius 3 is 2.82 bits per heavy atom. The van der Waals surface area contributed by atoms with Gasteiger partial charge in [-0.2, -0.15) is 5.10 Å². The molecule has 0 spiro atoms. The van der Waals surface area contributed by atoms with Gasteiger partial charge in [-0.25, -0.2) is 4.68 Å². The Kier molecular flexibility index (Phi) is 4.90. The van der Waals surface area contributed by atoms with Crippen molar-refractivity contribution in [2.24, 2.45) is 0 Å². The largest absolute Gasteiger partial charge is 0.383 e. The molecule has 2 heterocycles. The highest BCUT2D eigenvalue weighted by Gasteiger charge is 2.11. The fraction of sp³-hybridized carbons (Fsp3) is 0.190. The van der Waals surface area contributed by atoms with Gasteiger partial charge in [0.15, 0.2) is 0 Å². The lowest BCUT2D eigenvalue weighted by Crippen LogP contribution is -2.29. The minimum absolute atomic E-state index is 0.148. The monoisotopic (exact) mass is 376 g/mol. The minimum atomic E-state index is -0.304. The summed E-state index contributed by atoms with van der Waals surface area (Å²) in [6.07, 6.45) is 3.56. The summed E-state index contributed by atoms with van der Waals surface area (Å²) in [6.45, 7) is 1.19. The molecular weight excluding hydrogens is 356 g/mol. The smallest absolute Gasteiger partial charge is 0.275 e. The SMILES string of the molecule is COCCn1ccc2c(NC(=O)Cn3ncc4ccccc4c3=O)cccc21. The maximum atomic E-state index is 12.6. The van der Waals surface area contributed by atoms with Gasteiger partial charge in [-0.1, -0.05) is 24.3 Å². The van der Waals surface area contributed by atoms with Crippen molar-refractivity contribution in [3.8, 4) is 0 Å². The van der Waals surface area contributed by atoms with Gasteiger partial charge in [0.2, 0.25) is 5.91 Å². The molecule has 2 aromatic carbocycles. The molecule has 0 saturated carbocycles. The molecule has 0 saturated heterocycles. The Hall–Kier alpha value is -3.45. The van der Waals surface area contributed by atoms with E-state index in [1.807, 2.05) is 42.6 Å². The van der Waals surface area contributed by atoms with Crippen LogP contribution in [0.1, 0.15) is 0 Å². The number of methoxy groups -OCH3 is 1. The summed E-state index contributed by atoms with van der Waals surface area (Å²) in [6, 6.07) is 14.9. The molecule has 0 atom stereocenters. The van der Waals surface area contributed by atoms with Crippen molar-refractivity contribution in [2.75, 3.05) is 19.0 Å². The fourth-order valence-electron chi connectivity index (χ4n) is 3.28. The third-order valence-electron chi connectivity index (χ3n) is 4.68. The molecule has 0 bridgehead atoms. The molecule has 2 aromatic heterocycles. The molecular formula is C21H20N4O3. The number of hydrogen-bond donors (Lipinski definition) is 1. The van der Waals surface area contributed by atoms with Crippen LogP contribution >= 0.6 is 0 Å². The Morgan fingerprint density at radius 2 is 1.96 bits per heavy atom. The maximum Gasteiger partial charge on any atom is 0.275 e. The predicted octanol–water partition coefficient (Wildman–Crippen LogP) is 2.64. The van der Waals surface area contributed by atoms with Crippen molar-refractivity contribution in [1.29, 1.82) is 0 Å². The lowest BCUT2D eigenvalue weighted by molar-refractivity contribution is -0.117. The molecule has 0 radical (unpaired) electrons. The van der Waals surface area contributed by atoms with E-state index >= 15 is 0 Å². The summed E-state index contributed by atoms with van der Waals surface area (Å²) < 4.78 is 8.39. The van der Waals surface area contributed by atoms with Crippen LogP contribution in [0.25, 0.3) is 21.7 Å². The van der Waals surface area contributed by atoms with E-state index in [0.29, 0.717) is 17.7 Å². The van der Waals surface area contributed by atoms with Crippen LogP contribution in [0.2, 0.25) is 0 Å². The van der Waals surface area contributed by atoms with E-state index in [0.717, 1.165) is 22.8 Å². The highest BCUT2D eigenvalue weighted by atomic mass is 16.5. The second kappa shape index (κ2) is 7.66. The van der Waals surface area contributed by atoms with Crippen LogP contribution in [0.15, 0.2) is 65.7 Å². The quantitative estimate of drug-likeness (QED) is 0.561. The molecule has 1 N–H and O–H groups in total. The predicted molar refractivity (Wildman–Crippen MR) is 108 cm³/mol. The van der Waals surface area contributed by atoms with Crippen molar-refractivity contribution >= 4 is 33.3 Å². The van der Waals surface area contributed by atoms with Gasteiger partial charge in [-0.05, 0) is 24.3 Å². The van der Waals surface area contributed by atoms with Gasteiger partial charge < -0.3 is 14.6 Å². The Labute approximate surface area is 161 Å². The minimum Gasteiger partial charge on any atom is -0.383 e. The molecule has 0 aliphatic rings. The van der Waals surface area contributed by atoms with Gasteiger partial charge in [0.1, 0.15) is 6.54 Å². The number of ether oxygens (including phenoxy) is 1. The molecule has 0 aliphatic carbocycles. The first-order chi connectivity index (χ1) is 13.7. The Balaban J connectivity index is 1.57. The second-order valence-electron chi connectivity index (χ2n) is 6.48. The van der Waals surface area contributed by atoms with E-state index in [4.69, 9.17) is 4.74 Å². The summed E-state index contributed by atoms with van der Waals surface area (Å²) in [5.74, 6) is -0.304. The van der Waals surface area contributed by atoms with E-state index in [9.17, 15) is 9.59 Å². The Morgan fingerprint density at radius 1 is 1.11 bits per heavy atom. The normalized spacial score (nSPS) is 11.2. The molecule has 0 unspecified atom stereocenters. The summed E-state index contributed by atoms with van der Waals surface area (Å²) in [7, 11) is 1.67. The highest BCUT2D eigenvalue weighted by molar-refractivity contribution is 6.01. The Bertz CT molecular complexity index is 1210. The third-order valence-corrected chi connectivity index (χ3v) is 4.68. The standard InChI is InChI=1S/C21H20N4O3/c1-28-12-11-24-10-9-17-18(7-4-8-19(17)24)23-20(26)14-25-21(27)16-6-3-2-5-15(16)13-22-25/h2-10,13H,11-12,14H2,1H3,(H,23,26). The van der Waals surface area contributed by atoms with Crippen LogP contribution in [-0.4, -0.2) is 34.0 Å². The van der Waals surface area contributed by atoms with E-state index in [-0.39, 0.29) is 18.0 Å².